The molecule has 0 aliphatic rings. The Bertz CT molecular complexity index is 810. The Morgan fingerprint density at radius 3 is 0.339 bits per heavy atom. The molecule has 0 saturated carbocycles. The smallest absolute Gasteiger partial charge is 0.305 e. The lowest BCUT2D eigenvalue weighted by Gasteiger charge is -2.09. The van der Waals surface area contributed by atoms with Gasteiger partial charge in [0.05, 0.1) is 251 Å². The quantitative estimate of drug-likeness (QED) is 0.0777. The van der Waals surface area contributed by atoms with Crippen LogP contribution in [0, 0.1) is 0 Å². The van der Waals surface area contributed by atoms with Gasteiger partial charge in [-0.05, 0) is 0 Å². The number of hydrogen-bond donors (Lipinski definition) is 2. The number of carboxylic acids is 2. The third-order valence-corrected chi connectivity index (χ3v) is 7.24. The molecule has 0 fully saturated rings. The molecular weight excluding hydrogens is 832 g/mol. The largest absolute Gasteiger partial charge is 0.481 e. The van der Waals surface area contributed by atoms with Crippen LogP contribution in [0.5, 0.6) is 0 Å². The van der Waals surface area contributed by atoms with Gasteiger partial charge in [0.1, 0.15) is 0 Å². The van der Waals surface area contributed by atoms with Gasteiger partial charge in [0.15, 0.2) is 0 Å². The van der Waals surface area contributed by atoms with Gasteiger partial charge in [0, 0.05) is 0 Å². The molecule has 370 valence electrons. The zero-order valence-electron chi connectivity index (χ0n) is 36.9. The van der Waals surface area contributed by atoms with E-state index in [0.29, 0.717) is 225 Å². The number of ether oxygens (including phenoxy) is 18. The minimum absolute atomic E-state index is 0.00933. The molecule has 0 aromatic heterocycles. The first-order valence-electron chi connectivity index (χ1n) is 21.5. The standard InChI is InChI=1S/C40H78O22/c41-39(42)1-3-45-5-7-47-9-11-49-13-15-51-17-19-53-21-23-55-25-27-57-29-31-59-33-35-61-37-38-62-36-34-60-32-30-58-28-26-56-24-22-54-20-18-52-16-14-50-12-10-48-8-6-46-4-2-40(43)44/h1-38H2,(H,41,42)(H,43,44). The average Bonchev–Trinajstić information content (AvgIpc) is 3.26. The van der Waals surface area contributed by atoms with E-state index in [9.17, 15) is 9.59 Å². The summed E-state index contributed by atoms with van der Waals surface area (Å²) in [6.45, 7) is 16.0. The molecule has 0 heterocycles. The second-order valence-corrected chi connectivity index (χ2v) is 12.3. The Balaban J connectivity index is 3.07. The fourth-order valence-electron chi connectivity index (χ4n) is 4.16. The molecule has 0 aliphatic heterocycles. The predicted octanol–water partition coefficient (Wildman–Crippen LogP) is 0.235. The molecule has 0 bridgehead atoms. The fourth-order valence-corrected chi connectivity index (χ4v) is 4.16. The average molecular weight is 911 g/mol. The molecule has 0 aliphatic carbocycles. The highest BCUT2D eigenvalue weighted by molar-refractivity contribution is 5.67. The lowest BCUT2D eigenvalue weighted by molar-refractivity contribution is -0.139. The molecule has 0 atom stereocenters. The molecule has 0 aromatic carbocycles. The van der Waals surface area contributed by atoms with Crippen molar-refractivity contribution in [1.82, 2.24) is 0 Å². The van der Waals surface area contributed by atoms with Crippen LogP contribution in [0.15, 0.2) is 0 Å². The molecule has 0 unspecified atom stereocenters. The van der Waals surface area contributed by atoms with Crippen molar-refractivity contribution >= 4 is 11.9 Å². The first-order valence-corrected chi connectivity index (χ1v) is 21.5. The summed E-state index contributed by atoms with van der Waals surface area (Å²) in [6, 6.07) is 0. The number of hydrogen-bond acceptors (Lipinski definition) is 20. The maximum Gasteiger partial charge on any atom is 0.305 e. The number of rotatable bonds is 57. The third-order valence-electron chi connectivity index (χ3n) is 7.24. The van der Waals surface area contributed by atoms with Crippen LogP contribution in [0.3, 0.4) is 0 Å². The molecule has 2 N–H and O–H groups in total. The van der Waals surface area contributed by atoms with E-state index in [1.807, 2.05) is 0 Å². The monoisotopic (exact) mass is 910 g/mol. The van der Waals surface area contributed by atoms with Crippen LogP contribution in [0.1, 0.15) is 12.8 Å². The van der Waals surface area contributed by atoms with Gasteiger partial charge < -0.3 is 95.5 Å². The molecule has 22 nitrogen and oxygen atoms in total. The van der Waals surface area contributed by atoms with E-state index in [-0.39, 0.29) is 26.1 Å². The van der Waals surface area contributed by atoms with Gasteiger partial charge in [-0.2, -0.15) is 0 Å². The van der Waals surface area contributed by atoms with Crippen molar-refractivity contribution in [2.45, 2.75) is 12.8 Å². The number of carboxylic acid groups (broad SMARTS) is 2. The molecule has 0 aromatic rings. The lowest BCUT2D eigenvalue weighted by Crippen LogP contribution is -2.16. The summed E-state index contributed by atoms with van der Waals surface area (Å²) in [6.07, 6.45) is -0.0187. The summed E-state index contributed by atoms with van der Waals surface area (Å²) in [7, 11) is 0. The van der Waals surface area contributed by atoms with E-state index in [4.69, 9.17) is 95.5 Å². The van der Waals surface area contributed by atoms with E-state index in [2.05, 4.69) is 0 Å². The van der Waals surface area contributed by atoms with E-state index >= 15 is 0 Å². The molecule has 0 spiro atoms. The Labute approximate surface area is 367 Å². The Hall–Kier alpha value is -1.78. The summed E-state index contributed by atoms with van der Waals surface area (Å²) in [5.41, 5.74) is 0. The van der Waals surface area contributed by atoms with Gasteiger partial charge in [-0.15, -0.1) is 0 Å². The summed E-state index contributed by atoms with van der Waals surface area (Å²) < 4.78 is 97.4. The molecule has 0 saturated heterocycles. The van der Waals surface area contributed by atoms with Gasteiger partial charge in [-0.1, -0.05) is 0 Å². The van der Waals surface area contributed by atoms with Crippen LogP contribution < -0.4 is 0 Å². The van der Waals surface area contributed by atoms with Gasteiger partial charge in [0.25, 0.3) is 0 Å². The molecule has 0 amide bonds. The van der Waals surface area contributed by atoms with Crippen LogP contribution in [-0.2, 0) is 94.9 Å². The Morgan fingerprint density at radius 1 is 0.177 bits per heavy atom. The number of carbonyl (C=O) groups is 2. The van der Waals surface area contributed by atoms with Crippen molar-refractivity contribution in [3.8, 4) is 0 Å². The first-order chi connectivity index (χ1) is 30.6. The summed E-state index contributed by atoms with van der Waals surface area (Å²) in [5, 5.41) is 17.0. The van der Waals surface area contributed by atoms with Gasteiger partial charge >= 0.3 is 11.9 Å². The van der Waals surface area contributed by atoms with Crippen molar-refractivity contribution in [3.63, 3.8) is 0 Å². The minimum Gasteiger partial charge on any atom is -0.481 e. The summed E-state index contributed by atoms with van der Waals surface area (Å²) in [4.78, 5) is 20.7. The third kappa shape index (κ3) is 58.2. The van der Waals surface area contributed by atoms with Crippen molar-refractivity contribution in [2.24, 2.45) is 0 Å². The summed E-state index contributed by atoms with van der Waals surface area (Å²) in [5.74, 6) is -1.76. The molecule has 0 radical (unpaired) electrons. The summed E-state index contributed by atoms with van der Waals surface area (Å²) >= 11 is 0. The van der Waals surface area contributed by atoms with Crippen LogP contribution >= 0.6 is 0 Å². The minimum atomic E-state index is -0.880. The maximum absolute atomic E-state index is 10.4. The number of aliphatic carboxylic acids is 2. The SMILES string of the molecule is O=C(O)CCOCCOCCOCCOCCOCCOCCOCCOCCOCCOCCOCCOCCOCCOCCOCCOCCOCCOCCC(=O)O. The van der Waals surface area contributed by atoms with Crippen LogP contribution in [0.25, 0.3) is 0 Å². The zero-order valence-corrected chi connectivity index (χ0v) is 36.9. The first kappa shape index (κ1) is 60.2. The van der Waals surface area contributed by atoms with Crippen LogP contribution in [0.2, 0.25) is 0 Å². The molecule has 22 heteroatoms. The highest BCUT2D eigenvalue weighted by Crippen LogP contribution is 1.90. The Kier molecular flexibility index (Phi) is 53.8. The highest BCUT2D eigenvalue weighted by Gasteiger charge is 2.00. The van der Waals surface area contributed by atoms with Crippen LogP contribution in [0.4, 0.5) is 0 Å². The van der Waals surface area contributed by atoms with Crippen molar-refractivity contribution in [1.29, 1.82) is 0 Å². The van der Waals surface area contributed by atoms with Gasteiger partial charge in [-0.3, -0.25) is 9.59 Å². The van der Waals surface area contributed by atoms with Crippen molar-refractivity contribution in [3.05, 3.63) is 0 Å². The lowest BCUT2D eigenvalue weighted by atomic mass is 10.5. The normalized spacial score (nSPS) is 11.5. The van der Waals surface area contributed by atoms with E-state index < -0.39 is 11.9 Å². The van der Waals surface area contributed by atoms with E-state index in [0.717, 1.165) is 0 Å². The second-order valence-electron chi connectivity index (χ2n) is 12.3. The zero-order chi connectivity index (χ0) is 44.8. The van der Waals surface area contributed by atoms with Gasteiger partial charge in [-0.25, -0.2) is 0 Å². The maximum atomic E-state index is 10.4. The predicted molar refractivity (Wildman–Crippen MR) is 219 cm³/mol. The van der Waals surface area contributed by atoms with Crippen LogP contribution in [-0.4, -0.2) is 260 Å². The topological polar surface area (TPSA) is 241 Å². The fraction of sp³-hybridized carbons (Fsp3) is 0.950. The molecule has 62 heavy (non-hydrogen) atoms. The van der Waals surface area contributed by atoms with Crippen molar-refractivity contribution in [2.75, 3.05) is 238 Å². The van der Waals surface area contributed by atoms with E-state index in [1.54, 1.807) is 0 Å². The molecule has 0 rings (SSSR count). The second kappa shape index (κ2) is 55.4. The molecular formula is C40H78O22. The highest BCUT2D eigenvalue weighted by atomic mass is 16.6. The van der Waals surface area contributed by atoms with Gasteiger partial charge in [0.2, 0.25) is 0 Å². The van der Waals surface area contributed by atoms with E-state index in [1.165, 1.54) is 0 Å². The Morgan fingerprint density at radius 2 is 0.258 bits per heavy atom. The van der Waals surface area contributed by atoms with Crippen molar-refractivity contribution < 1.29 is 105 Å².